The molecule has 0 fully saturated rings. The van der Waals surface area contributed by atoms with Crippen LogP contribution in [0.15, 0.2) is 12.2 Å². The molecule has 0 aromatic rings. The molecule has 60 valence electrons. The highest BCUT2D eigenvalue weighted by atomic mass is 16.3. The van der Waals surface area contributed by atoms with Gasteiger partial charge >= 0.3 is 0 Å². The zero-order chi connectivity index (χ0) is 8.10. The fourth-order valence-corrected chi connectivity index (χ4v) is 1.52. The number of aliphatic hydroxyl groups is 1. The zero-order valence-corrected chi connectivity index (χ0v) is 6.53. The summed E-state index contributed by atoms with van der Waals surface area (Å²) in [6, 6.07) is 2.16. The van der Waals surface area contributed by atoms with E-state index >= 15 is 0 Å². The van der Waals surface area contributed by atoms with Crippen molar-refractivity contribution >= 4 is 0 Å². The Morgan fingerprint density at radius 1 is 1.36 bits per heavy atom. The van der Waals surface area contributed by atoms with Crippen LogP contribution < -0.4 is 0 Å². The van der Waals surface area contributed by atoms with E-state index in [-0.39, 0.29) is 6.61 Å². The molecule has 0 aromatic heterocycles. The van der Waals surface area contributed by atoms with Crippen molar-refractivity contribution in [2.24, 2.45) is 11.8 Å². The van der Waals surface area contributed by atoms with Crippen molar-refractivity contribution in [3.05, 3.63) is 12.2 Å². The Hall–Kier alpha value is -0.810. The molecule has 0 aliphatic heterocycles. The third-order valence-corrected chi connectivity index (χ3v) is 2.30. The number of allylic oxidation sites excluding steroid dienone is 2. The third-order valence-electron chi connectivity index (χ3n) is 2.30. The van der Waals surface area contributed by atoms with Crippen LogP contribution in [0.25, 0.3) is 0 Å². The van der Waals surface area contributed by atoms with Gasteiger partial charge in [0, 0.05) is 13.0 Å². The van der Waals surface area contributed by atoms with E-state index in [1.165, 1.54) is 0 Å². The van der Waals surface area contributed by atoms with Crippen LogP contribution in [0.3, 0.4) is 0 Å². The van der Waals surface area contributed by atoms with Gasteiger partial charge in [0.1, 0.15) is 0 Å². The molecule has 1 aliphatic rings. The SMILES string of the molecule is N#CC[C@H]1CC=CC[C@@H]1CO. The second-order valence-corrected chi connectivity index (χ2v) is 3.01. The molecular weight excluding hydrogens is 138 g/mol. The molecule has 1 aliphatic carbocycles. The van der Waals surface area contributed by atoms with Crippen molar-refractivity contribution in [1.82, 2.24) is 0 Å². The Kier molecular flexibility index (Phi) is 3.13. The van der Waals surface area contributed by atoms with E-state index in [0.29, 0.717) is 18.3 Å². The van der Waals surface area contributed by atoms with E-state index in [0.717, 1.165) is 12.8 Å². The summed E-state index contributed by atoms with van der Waals surface area (Å²) in [7, 11) is 0. The highest BCUT2D eigenvalue weighted by Gasteiger charge is 2.20. The Labute approximate surface area is 67.2 Å². The van der Waals surface area contributed by atoms with Crippen molar-refractivity contribution in [2.45, 2.75) is 19.3 Å². The fraction of sp³-hybridized carbons (Fsp3) is 0.667. The lowest BCUT2D eigenvalue weighted by molar-refractivity contribution is 0.173. The monoisotopic (exact) mass is 151 g/mol. The second-order valence-electron chi connectivity index (χ2n) is 3.01. The molecule has 0 spiro atoms. The summed E-state index contributed by atoms with van der Waals surface area (Å²) in [5.41, 5.74) is 0. The summed E-state index contributed by atoms with van der Waals surface area (Å²) in [5, 5.41) is 17.4. The summed E-state index contributed by atoms with van der Waals surface area (Å²) >= 11 is 0. The molecule has 1 N–H and O–H groups in total. The number of nitriles is 1. The number of hydrogen-bond acceptors (Lipinski definition) is 2. The second kappa shape index (κ2) is 4.15. The molecule has 0 bridgehead atoms. The standard InChI is InChI=1S/C9H13NO/c10-6-5-8-3-1-2-4-9(8)7-11/h1-2,8-9,11H,3-5,7H2/t8-,9-/m1/s1. The van der Waals surface area contributed by atoms with Crippen molar-refractivity contribution < 1.29 is 5.11 Å². The minimum Gasteiger partial charge on any atom is -0.396 e. The maximum atomic E-state index is 8.94. The first-order valence-electron chi connectivity index (χ1n) is 4.01. The molecule has 0 unspecified atom stereocenters. The number of nitrogens with zero attached hydrogens (tertiary/aromatic N) is 1. The summed E-state index contributed by atoms with van der Waals surface area (Å²) < 4.78 is 0. The normalized spacial score (nSPS) is 29.8. The predicted octanol–water partition coefficient (Wildman–Crippen LogP) is 1.47. The molecule has 0 amide bonds. The smallest absolute Gasteiger partial charge is 0.0624 e. The number of aliphatic hydroxyl groups excluding tert-OH is 1. The van der Waals surface area contributed by atoms with Crippen LogP contribution in [0, 0.1) is 23.2 Å². The first kappa shape index (κ1) is 8.29. The quantitative estimate of drug-likeness (QED) is 0.607. The lowest BCUT2D eigenvalue weighted by Crippen LogP contribution is -2.19. The minimum atomic E-state index is 0.219. The fourth-order valence-electron chi connectivity index (χ4n) is 1.52. The highest BCUT2D eigenvalue weighted by molar-refractivity contribution is 4.96. The Balaban J connectivity index is 2.48. The van der Waals surface area contributed by atoms with E-state index in [2.05, 4.69) is 18.2 Å². The van der Waals surface area contributed by atoms with Crippen LogP contribution in [0.2, 0.25) is 0 Å². The molecule has 1 rings (SSSR count). The van der Waals surface area contributed by atoms with Gasteiger partial charge in [-0.15, -0.1) is 0 Å². The van der Waals surface area contributed by atoms with Gasteiger partial charge in [-0.25, -0.2) is 0 Å². The van der Waals surface area contributed by atoms with Crippen LogP contribution in [0.4, 0.5) is 0 Å². The van der Waals surface area contributed by atoms with Crippen LogP contribution in [0.1, 0.15) is 19.3 Å². The van der Waals surface area contributed by atoms with E-state index in [9.17, 15) is 0 Å². The lowest BCUT2D eigenvalue weighted by Gasteiger charge is -2.24. The highest BCUT2D eigenvalue weighted by Crippen LogP contribution is 2.27. The Morgan fingerprint density at radius 2 is 2.00 bits per heavy atom. The van der Waals surface area contributed by atoms with Crippen molar-refractivity contribution in [3.63, 3.8) is 0 Å². The van der Waals surface area contributed by atoms with E-state index in [1.807, 2.05) is 0 Å². The van der Waals surface area contributed by atoms with E-state index in [4.69, 9.17) is 10.4 Å². The molecule has 2 heteroatoms. The molecule has 0 saturated heterocycles. The summed E-state index contributed by atoms with van der Waals surface area (Å²) in [4.78, 5) is 0. The maximum absolute atomic E-state index is 8.94. The maximum Gasteiger partial charge on any atom is 0.0624 e. The Morgan fingerprint density at radius 3 is 2.55 bits per heavy atom. The first-order valence-corrected chi connectivity index (χ1v) is 4.01. The average Bonchev–Trinajstić information content (AvgIpc) is 2.06. The summed E-state index contributed by atoms with van der Waals surface area (Å²) in [5.74, 6) is 0.703. The van der Waals surface area contributed by atoms with Crippen LogP contribution >= 0.6 is 0 Å². The van der Waals surface area contributed by atoms with Crippen molar-refractivity contribution in [3.8, 4) is 6.07 Å². The molecule has 0 aromatic carbocycles. The molecule has 11 heavy (non-hydrogen) atoms. The van der Waals surface area contributed by atoms with Gasteiger partial charge in [-0.1, -0.05) is 12.2 Å². The van der Waals surface area contributed by atoms with Gasteiger partial charge in [-0.3, -0.25) is 0 Å². The minimum absolute atomic E-state index is 0.219. The Bertz CT molecular complexity index is 180. The third kappa shape index (κ3) is 2.06. The predicted molar refractivity (Wildman–Crippen MR) is 42.7 cm³/mol. The average molecular weight is 151 g/mol. The van der Waals surface area contributed by atoms with Gasteiger partial charge in [0.2, 0.25) is 0 Å². The van der Waals surface area contributed by atoms with Gasteiger partial charge in [0.05, 0.1) is 6.07 Å². The summed E-state index contributed by atoms with van der Waals surface area (Å²) in [6.45, 7) is 0.219. The van der Waals surface area contributed by atoms with Gasteiger partial charge in [0.15, 0.2) is 0 Å². The summed E-state index contributed by atoms with van der Waals surface area (Å²) in [6.07, 6.45) is 6.67. The number of hydrogen-bond donors (Lipinski definition) is 1. The lowest BCUT2D eigenvalue weighted by atomic mass is 9.82. The van der Waals surface area contributed by atoms with Gasteiger partial charge < -0.3 is 5.11 Å². The molecule has 0 heterocycles. The molecule has 2 nitrogen and oxygen atoms in total. The topological polar surface area (TPSA) is 44.0 Å². The van der Waals surface area contributed by atoms with Crippen LogP contribution in [-0.4, -0.2) is 11.7 Å². The van der Waals surface area contributed by atoms with Gasteiger partial charge in [0.25, 0.3) is 0 Å². The van der Waals surface area contributed by atoms with E-state index in [1.54, 1.807) is 0 Å². The first-order chi connectivity index (χ1) is 5.38. The van der Waals surface area contributed by atoms with Gasteiger partial charge in [-0.2, -0.15) is 5.26 Å². The number of rotatable bonds is 2. The molecule has 2 atom stereocenters. The van der Waals surface area contributed by atoms with Crippen molar-refractivity contribution in [2.75, 3.05) is 6.61 Å². The molecule has 0 radical (unpaired) electrons. The zero-order valence-electron chi connectivity index (χ0n) is 6.53. The van der Waals surface area contributed by atoms with Crippen LogP contribution in [-0.2, 0) is 0 Å². The largest absolute Gasteiger partial charge is 0.396 e. The van der Waals surface area contributed by atoms with Crippen molar-refractivity contribution in [1.29, 1.82) is 5.26 Å². The molecular formula is C9H13NO. The van der Waals surface area contributed by atoms with E-state index < -0.39 is 0 Å². The van der Waals surface area contributed by atoms with Gasteiger partial charge in [-0.05, 0) is 24.7 Å². The molecule has 0 saturated carbocycles. The van der Waals surface area contributed by atoms with Crippen LogP contribution in [0.5, 0.6) is 0 Å².